The van der Waals surface area contributed by atoms with Crippen molar-refractivity contribution in [2.45, 2.75) is 13.0 Å². The van der Waals surface area contributed by atoms with Crippen molar-refractivity contribution in [1.29, 1.82) is 0 Å². The minimum absolute atomic E-state index is 0.204. The summed E-state index contributed by atoms with van der Waals surface area (Å²) in [7, 11) is 4.76. The van der Waals surface area contributed by atoms with E-state index < -0.39 is 6.04 Å². The predicted octanol–water partition coefficient (Wildman–Crippen LogP) is -0.608. The van der Waals surface area contributed by atoms with Crippen molar-refractivity contribution in [1.82, 2.24) is 15.5 Å². The van der Waals surface area contributed by atoms with E-state index in [2.05, 4.69) is 10.6 Å². The molecule has 0 aliphatic rings. The van der Waals surface area contributed by atoms with E-state index in [4.69, 9.17) is 0 Å². The van der Waals surface area contributed by atoms with Crippen LogP contribution in [-0.4, -0.2) is 44.0 Å². The minimum atomic E-state index is -0.495. The van der Waals surface area contributed by atoms with Gasteiger partial charge in [-0.3, -0.25) is 4.79 Å². The van der Waals surface area contributed by atoms with Crippen LogP contribution >= 0.6 is 0 Å². The molecule has 0 aliphatic heterocycles. The number of likely N-dealkylation sites (N-methyl/N-ethyl adjacent to an activating group) is 1. The van der Waals surface area contributed by atoms with Crippen LogP contribution in [0, 0.1) is 0 Å². The molecule has 0 bridgehead atoms. The lowest BCUT2D eigenvalue weighted by atomic mass is 10.3. The number of nitrogens with one attached hydrogen (secondary N) is 2. The lowest BCUT2D eigenvalue weighted by Crippen LogP contribution is -2.47. The second kappa shape index (κ2) is 4.58. The van der Waals surface area contributed by atoms with Crippen molar-refractivity contribution >= 4 is 11.9 Å². The standard InChI is InChI=1S/C7H15N3O2/c1-5(6(11)8-2)9-7(12)10(3)4/h5H,1-4H3,(H,8,11)(H,9,12). The lowest BCUT2D eigenvalue weighted by Gasteiger charge is -2.16. The van der Waals surface area contributed by atoms with Crippen molar-refractivity contribution in [2.24, 2.45) is 0 Å². The Morgan fingerprint density at radius 2 is 1.83 bits per heavy atom. The van der Waals surface area contributed by atoms with Crippen molar-refractivity contribution < 1.29 is 9.59 Å². The van der Waals surface area contributed by atoms with Crippen LogP contribution in [0.25, 0.3) is 0 Å². The number of urea groups is 1. The van der Waals surface area contributed by atoms with E-state index in [1.54, 1.807) is 21.0 Å². The number of hydrogen-bond donors (Lipinski definition) is 2. The van der Waals surface area contributed by atoms with Gasteiger partial charge in [0, 0.05) is 21.1 Å². The van der Waals surface area contributed by atoms with E-state index in [-0.39, 0.29) is 11.9 Å². The molecule has 5 nitrogen and oxygen atoms in total. The molecule has 2 N–H and O–H groups in total. The second-order valence-electron chi connectivity index (χ2n) is 2.68. The fraction of sp³-hybridized carbons (Fsp3) is 0.714. The SMILES string of the molecule is CNC(=O)C(C)NC(=O)N(C)C. The molecule has 0 aromatic rings. The van der Waals surface area contributed by atoms with E-state index in [9.17, 15) is 9.59 Å². The summed E-state index contributed by atoms with van der Waals surface area (Å²) < 4.78 is 0. The summed E-state index contributed by atoms with van der Waals surface area (Å²) in [5.74, 6) is -0.204. The summed E-state index contributed by atoms with van der Waals surface area (Å²) in [6.45, 7) is 1.63. The predicted molar refractivity (Wildman–Crippen MR) is 45.7 cm³/mol. The number of rotatable bonds is 2. The van der Waals surface area contributed by atoms with Crippen LogP contribution in [0.4, 0.5) is 4.79 Å². The summed E-state index contributed by atoms with van der Waals surface area (Å²) in [5, 5.41) is 4.94. The minimum Gasteiger partial charge on any atom is -0.357 e. The van der Waals surface area contributed by atoms with E-state index in [1.165, 1.54) is 11.9 Å². The average Bonchev–Trinajstić information content (AvgIpc) is 2.02. The number of nitrogens with zero attached hydrogens (tertiary/aromatic N) is 1. The zero-order valence-electron chi connectivity index (χ0n) is 7.84. The van der Waals surface area contributed by atoms with Gasteiger partial charge >= 0.3 is 6.03 Å². The van der Waals surface area contributed by atoms with Crippen molar-refractivity contribution in [2.75, 3.05) is 21.1 Å². The molecule has 70 valence electrons. The van der Waals surface area contributed by atoms with Crippen LogP contribution in [0.2, 0.25) is 0 Å². The average molecular weight is 173 g/mol. The van der Waals surface area contributed by atoms with E-state index in [1.807, 2.05) is 0 Å². The first-order chi connectivity index (χ1) is 5.49. The highest BCUT2D eigenvalue weighted by Gasteiger charge is 2.14. The van der Waals surface area contributed by atoms with Crippen LogP contribution in [0.15, 0.2) is 0 Å². The van der Waals surface area contributed by atoms with Crippen LogP contribution in [0.3, 0.4) is 0 Å². The van der Waals surface area contributed by atoms with Gasteiger partial charge in [0.25, 0.3) is 0 Å². The van der Waals surface area contributed by atoms with Crippen LogP contribution in [0.1, 0.15) is 6.92 Å². The fourth-order valence-corrected chi connectivity index (χ4v) is 0.596. The summed E-state index contributed by atoms with van der Waals surface area (Å²) in [5.41, 5.74) is 0. The van der Waals surface area contributed by atoms with Gasteiger partial charge in [0.2, 0.25) is 5.91 Å². The topological polar surface area (TPSA) is 61.4 Å². The Kier molecular flexibility index (Phi) is 4.10. The molecule has 0 heterocycles. The molecule has 0 aromatic carbocycles. The Hall–Kier alpha value is -1.26. The second-order valence-corrected chi connectivity index (χ2v) is 2.68. The Morgan fingerprint density at radius 1 is 1.33 bits per heavy atom. The highest BCUT2D eigenvalue weighted by atomic mass is 16.2. The van der Waals surface area contributed by atoms with Gasteiger partial charge in [0.15, 0.2) is 0 Å². The van der Waals surface area contributed by atoms with Gasteiger partial charge in [-0.15, -0.1) is 0 Å². The highest BCUT2D eigenvalue weighted by molar-refractivity contribution is 5.86. The van der Waals surface area contributed by atoms with Gasteiger partial charge < -0.3 is 15.5 Å². The Balaban J connectivity index is 3.92. The maximum atomic E-state index is 11.0. The largest absolute Gasteiger partial charge is 0.357 e. The molecule has 0 saturated carbocycles. The van der Waals surface area contributed by atoms with Crippen molar-refractivity contribution in [3.8, 4) is 0 Å². The quantitative estimate of drug-likeness (QED) is 0.585. The number of carbonyl (C=O) groups is 2. The third-order valence-corrected chi connectivity index (χ3v) is 1.39. The summed E-state index contributed by atoms with van der Waals surface area (Å²) in [6, 6.07) is -0.768. The van der Waals surface area contributed by atoms with Crippen LogP contribution < -0.4 is 10.6 Å². The zero-order valence-corrected chi connectivity index (χ0v) is 7.84. The molecule has 0 aliphatic carbocycles. The van der Waals surface area contributed by atoms with Crippen molar-refractivity contribution in [3.05, 3.63) is 0 Å². The highest BCUT2D eigenvalue weighted by Crippen LogP contribution is 1.84. The molecule has 1 unspecified atom stereocenters. The van der Waals surface area contributed by atoms with Gasteiger partial charge in [0.05, 0.1) is 0 Å². The molecular weight excluding hydrogens is 158 g/mol. The summed E-state index contributed by atoms with van der Waals surface area (Å²) >= 11 is 0. The maximum absolute atomic E-state index is 11.0. The monoisotopic (exact) mass is 173 g/mol. The molecule has 1 atom stereocenters. The third-order valence-electron chi connectivity index (χ3n) is 1.39. The number of carbonyl (C=O) groups excluding carboxylic acids is 2. The summed E-state index contributed by atoms with van der Waals surface area (Å²) in [6.07, 6.45) is 0. The Morgan fingerprint density at radius 3 is 2.17 bits per heavy atom. The molecule has 0 rings (SSSR count). The van der Waals surface area contributed by atoms with Gasteiger partial charge in [-0.2, -0.15) is 0 Å². The maximum Gasteiger partial charge on any atom is 0.317 e. The molecule has 0 saturated heterocycles. The van der Waals surface area contributed by atoms with Crippen LogP contribution in [0.5, 0.6) is 0 Å². The van der Waals surface area contributed by atoms with E-state index in [0.29, 0.717) is 0 Å². The third kappa shape index (κ3) is 3.23. The molecule has 0 aromatic heterocycles. The van der Waals surface area contributed by atoms with Crippen molar-refractivity contribution in [3.63, 3.8) is 0 Å². The molecule has 0 fully saturated rings. The fourth-order valence-electron chi connectivity index (χ4n) is 0.596. The van der Waals surface area contributed by atoms with E-state index >= 15 is 0 Å². The molecule has 3 amide bonds. The molecule has 12 heavy (non-hydrogen) atoms. The first-order valence-corrected chi connectivity index (χ1v) is 3.68. The zero-order chi connectivity index (χ0) is 9.72. The van der Waals surface area contributed by atoms with Crippen LogP contribution in [-0.2, 0) is 4.79 Å². The van der Waals surface area contributed by atoms with Gasteiger partial charge in [-0.1, -0.05) is 0 Å². The molecular formula is C7H15N3O2. The molecule has 5 heteroatoms. The number of hydrogen-bond acceptors (Lipinski definition) is 2. The Labute approximate surface area is 72.1 Å². The molecule has 0 spiro atoms. The van der Waals surface area contributed by atoms with Gasteiger partial charge in [0.1, 0.15) is 6.04 Å². The Bertz CT molecular complexity index is 179. The summed E-state index contributed by atoms with van der Waals surface area (Å²) in [4.78, 5) is 23.3. The van der Waals surface area contributed by atoms with Gasteiger partial charge in [-0.25, -0.2) is 4.79 Å². The first kappa shape index (κ1) is 10.7. The normalized spacial score (nSPS) is 11.7. The first-order valence-electron chi connectivity index (χ1n) is 3.68. The number of amides is 3. The molecule has 0 radical (unpaired) electrons. The van der Waals surface area contributed by atoms with E-state index in [0.717, 1.165) is 0 Å². The van der Waals surface area contributed by atoms with Gasteiger partial charge in [-0.05, 0) is 6.92 Å². The lowest BCUT2D eigenvalue weighted by molar-refractivity contribution is -0.122. The smallest absolute Gasteiger partial charge is 0.317 e.